The van der Waals surface area contributed by atoms with Gasteiger partial charge < -0.3 is 10.4 Å². The molecule has 0 unspecified atom stereocenters. The standard InChI is InChI=1S/C14H9ClF2N2O3/c1-6(20)18-10-5-9(19-13(12(10)15)14(21)22)11-7(16)3-2-4-8(11)17/h2-5H,1H3,(H,21,22)(H,18,19,20). The number of pyridine rings is 1. The molecule has 22 heavy (non-hydrogen) atoms. The van der Waals surface area contributed by atoms with Crippen LogP contribution in [0.1, 0.15) is 17.4 Å². The summed E-state index contributed by atoms with van der Waals surface area (Å²) < 4.78 is 27.6. The summed E-state index contributed by atoms with van der Waals surface area (Å²) in [5, 5.41) is 11.1. The summed E-state index contributed by atoms with van der Waals surface area (Å²) in [5.74, 6) is -3.85. The molecule has 0 atom stereocenters. The quantitative estimate of drug-likeness (QED) is 0.906. The monoisotopic (exact) mass is 326 g/mol. The number of nitrogens with zero attached hydrogens (tertiary/aromatic N) is 1. The first-order chi connectivity index (χ1) is 10.3. The Hall–Kier alpha value is -2.54. The van der Waals surface area contributed by atoms with Gasteiger partial charge >= 0.3 is 5.97 Å². The fraction of sp³-hybridized carbons (Fsp3) is 0.0714. The highest BCUT2D eigenvalue weighted by Gasteiger charge is 2.21. The average molecular weight is 327 g/mol. The predicted molar refractivity (Wildman–Crippen MR) is 75.9 cm³/mol. The summed E-state index contributed by atoms with van der Waals surface area (Å²) in [4.78, 5) is 26.0. The van der Waals surface area contributed by atoms with E-state index < -0.39 is 34.8 Å². The fourth-order valence-corrected chi connectivity index (χ4v) is 2.05. The van der Waals surface area contributed by atoms with Crippen molar-refractivity contribution >= 4 is 29.2 Å². The highest BCUT2D eigenvalue weighted by molar-refractivity contribution is 6.36. The van der Waals surface area contributed by atoms with Crippen molar-refractivity contribution in [1.82, 2.24) is 4.98 Å². The van der Waals surface area contributed by atoms with Crippen LogP contribution >= 0.6 is 11.6 Å². The van der Waals surface area contributed by atoms with Crippen LogP contribution in [-0.4, -0.2) is 22.0 Å². The molecule has 0 bridgehead atoms. The van der Waals surface area contributed by atoms with Crippen LogP contribution in [0.15, 0.2) is 24.3 Å². The second-order valence-corrected chi connectivity index (χ2v) is 4.68. The van der Waals surface area contributed by atoms with Crippen molar-refractivity contribution in [3.63, 3.8) is 0 Å². The lowest BCUT2D eigenvalue weighted by molar-refractivity contribution is -0.114. The van der Waals surface area contributed by atoms with Gasteiger partial charge in [-0.15, -0.1) is 0 Å². The minimum atomic E-state index is -1.49. The molecule has 0 fully saturated rings. The van der Waals surface area contributed by atoms with E-state index in [-0.39, 0.29) is 16.4 Å². The van der Waals surface area contributed by atoms with Gasteiger partial charge in [0.2, 0.25) is 5.91 Å². The maximum atomic E-state index is 13.8. The Kier molecular flexibility index (Phi) is 4.37. The maximum absolute atomic E-state index is 13.8. The van der Waals surface area contributed by atoms with Crippen molar-refractivity contribution in [2.24, 2.45) is 0 Å². The third-order valence-corrected chi connectivity index (χ3v) is 3.07. The van der Waals surface area contributed by atoms with Gasteiger partial charge in [0.05, 0.1) is 22.0 Å². The van der Waals surface area contributed by atoms with Crippen LogP contribution in [0.5, 0.6) is 0 Å². The molecule has 114 valence electrons. The maximum Gasteiger partial charge on any atom is 0.356 e. The molecule has 2 rings (SSSR count). The van der Waals surface area contributed by atoms with E-state index in [0.29, 0.717) is 0 Å². The Morgan fingerprint density at radius 1 is 1.27 bits per heavy atom. The molecule has 0 spiro atoms. The van der Waals surface area contributed by atoms with Crippen LogP contribution in [0.25, 0.3) is 11.3 Å². The highest BCUT2D eigenvalue weighted by Crippen LogP contribution is 2.32. The Morgan fingerprint density at radius 3 is 2.36 bits per heavy atom. The zero-order valence-corrected chi connectivity index (χ0v) is 11.9. The number of aromatic carboxylic acids is 1. The molecule has 0 saturated carbocycles. The third kappa shape index (κ3) is 3.04. The van der Waals surface area contributed by atoms with Gasteiger partial charge in [-0.25, -0.2) is 18.6 Å². The summed E-state index contributed by atoms with van der Waals surface area (Å²) in [6.07, 6.45) is 0. The van der Waals surface area contributed by atoms with Gasteiger partial charge in [0.25, 0.3) is 0 Å². The molecule has 0 aliphatic rings. The van der Waals surface area contributed by atoms with Gasteiger partial charge in [0.1, 0.15) is 11.6 Å². The molecule has 1 aromatic heterocycles. The van der Waals surface area contributed by atoms with Crippen molar-refractivity contribution in [3.05, 3.63) is 46.6 Å². The van der Waals surface area contributed by atoms with E-state index in [2.05, 4.69) is 10.3 Å². The number of aromatic nitrogens is 1. The number of anilines is 1. The molecule has 1 aromatic carbocycles. The Balaban J connectivity index is 2.74. The molecule has 8 heteroatoms. The van der Waals surface area contributed by atoms with Gasteiger partial charge in [0, 0.05) is 6.92 Å². The third-order valence-electron chi connectivity index (χ3n) is 2.69. The number of nitrogens with one attached hydrogen (secondary N) is 1. The van der Waals surface area contributed by atoms with E-state index in [1.54, 1.807) is 0 Å². The van der Waals surface area contributed by atoms with E-state index in [0.717, 1.165) is 24.3 Å². The van der Waals surface area contributed by atoms with Crippen LogP contribution in [0.4, 0.5) is 14.5 Å². The van der Waals surface area contributed by atoms with E-state index in [1.807, 2.05) is 0 Å². The van der Waals surface area contributed by atoms with Crippen LogP contribution in [-0.2, 0) is 4.79 Å². The van der Waals surface area contributed by atoms with Gasteiger partial charge in [-0.1, -0.05) is 17.7 Å². The number of carboxylic acid groups (broad SMARTS) is 1. The molecule has 1 amide bonds. The number of hydrogen-bond acceptors (Lipinski definition) is 3. The molecule has 2 N–H and O–H groups in total. The highest BCUT2D eigenvalue weighted by atomic mass is 35.5. The molecular weight excluding hydrogens is 318 g/mol. The number of benzene rings is 1. The van der Waals surface area contributed by atoms with Gasteiger partial charge in [0.15, 0.2) is 5.69 Å². The number of hydrogen-bond donors (Lipinski definition) is 2. The number of amides is 1. The summed E-state index contributed by atoms with van der Waals surface area (Å²) in [6.45, 7) is 1.18. The number of carbonyl (C=O) groups is 2. The molecule has 2 aromatic rings. The fourth-order valence-electron chi connectivity index (χ4n) is 1.82. The van der Waals surface area contributed by atoms with E-state index in [1.165, 1.54) is 6.92 Å². The van der Waals surface area contributed by atoms with Crippen LogP contribution in [0.2, 0.25) is 5.02 Å². The van der Waals surface area contributed by atoms with Crippen LogP contribution < -0.4 is 5.32 Å². The lowest BCUT2D eigenvalue weighted by Gasteiger charge is -2.11. The molecule has 5 nitrogen and oxygen atoms in total. The van der Waals surface area contributed by atoms with Gasteiger partial charge in [-0.3, -0.25) is 4.79 Å². The number of halogens is 3. The number of rotatable bonds is 3. The lowest BCUT2D eigenvalue weighted by atomic mass is 10.1. The van der Waals surface area contributed by atoms with Crippen LogP contribution in [0.3, 0.4) is 0 Å². The molecule has 0 aliphatic heterocycles. The van der Waals surface area contributed by atoms with Crippen molar-refractivity contribution in [2.45, 2.75) is 6.92 Å². The summed E-state index contributed by atoms with van der Waals surface area (Å²) in [5.41, 5.74) is -1.51. The van der Waals surface area contributed by atoms with Gasteiger partial charge in [-0.05, 0) is 18.2 Å². The summed E-state index contributed by atoms with van der Waals surface area (Å²) in [7, 11) is 0. The minimum absolute atomic E-state index is 0.0979. The minimum Gasteiger partial charge on any atom is -0.476 e. The molecule has 0 radical (unpaired) electrons. The van der Waals surface area contributed by atoms with Gasteiger partial charge in [-0.2, -0.15) is 0 Å². The lowest BCUT2D eigenvalue weighted by Crippen LogP contribution is -2.11. The normalized spacial score (nSPS) is 10.4. The second kappa shape index (κ2) is 6.07. The van der Waals surface area contributed by atoms with Crippen molar-refractivity contribution in [3.8, 4) is 11.3 Å². The van der Waals surface area contributed by atoms with E-state index >= 15 is 0 Å². The topological polar surface area (TPSA) is 79.3 Å². The van der Waals surface area contributed by atoms with E-state index in [9.17, 15) is 18.4 Å². The summed E-state index contributed by atoms with van der Waals surface area (Å²) >= 11 is 5.84. The van der Waals surface area contributed by atoms with E-state index in [4.69, 9.17) is 16.7 Å². The first kappa shape index (κ1) is 15.8. The SMILES string of the molecule is CC(=O)Nc1cc(-c2c(F)cccc2F)nc(C(=O)O)c1Cl. The van der Waals surface area contributed by atoms with Crippen molar-refractivity contribution in [1.29, 1.82) is 0 Å². The first-order valence-electron chi connectivity index (χ1n) is 5.97. The molecular formula is C14H9ClF2N2O3. The Bertz CT molecular complexity index is 761. The molecule has 0 aliphatic carbocycles. The first-order valence-corrected chi connectivity index (χ1v) is 6.35. The largest absolute Gasteiger partial charge is 0.476 e. The van der Waals surface area contributed by atoms with Crippen molar-refractivity contribution < 1.29 is 23.5 Å². The number of carbonyl (C=O) groups excluding carboxylic acids is 1. The Labute approximate surface area is 128 Å². The molecule has 0 saturated heterocycles. The smallest absolute Gasteiger partial charge is 0.356 e. The number of carboxylic acids is 1. The zero-order valence-electron chi connectivity index (χ0n) is 11.2. The van der Waals surface area contributed by atoms with Crippen LogP contribution in [0, 0.1) is 11.6 Å². The Morgan fingerprint density at radius 2 is 1.86 bits per heavy atom. The molecule has 1 heterocycles. The second-order valence-electron chi connectivity index (χ2n) is 4.30. The predicted octanol–water partition coefficient (Wildman–Crippen LogP) is 3.34. The van der Waals surface area contributed by atoms with Crippen molar-refractivity contribution in [2.75, 3.05) is 5.32 Å². The zero-order chi connectivity index (χ0) is 16.4. The summed E-state index contributed by atoms with van der Waals surface area (Å²) in [6, 6.07) is 4.29. The average Bonchev–Trinajstić information content (AvgIpc) is 2.40.